The molecular weight excluding hydrogens is 174 g/mol. The highest BCUT2D eigenvalue weighted by molar-refractivity contribution is 5.11. The van der Waals surface area contributed by atoms with Crippen molar-refractivity contribution in [1.82, 2.24) is 4.98 Å². The molecule has 1 unspecified atom stereocenters. The summed E-state index contributed by atoms with van der Waals surface area (Å²) in [5, 5.41) is 10.0. The van der Waals surface area contributed by atoms with Gasteiger partial charge < -0.3 is 5.11 Å². The van der Waals surface area contributed by atoms with Crippen LogP contribution in [0.2, 0.25) is 0 Å². The monoisotopic (exact) mass is 193 g/mol. The Kier molecular flexibility index (Phi) is 3.64. The van der Waals surface area contributed by atoms with Gasteiger partial charge in [0.25, 0.3) is 0 Å². The molecule has 2 heteroatoms. The molecule has 0 aliphatic rings. The molecule has 0 fully saturated rings. The third-order valence-electron chi connectivity index (χ3n) is 2.99. The summed E-state index contributed by atoms with van der Waals surface area (Å²) in [7, 11) is 0. The Bertz CT molecular complexity index is 269. The Labute approximate surface area is 86.0 Å². The van der Waals surface area contributed by atoms with E-state index in [1.807, 2.05) is 12.1 Å². The minimum absolute atomic E-state index is 0.0106. The lowest BCUT2D eigenvalue weighted by Crippen LogP contribution is -2.30. The minimum atomic E-state index is -0.283. The first-order valence-electron chi connectivity index (χ1n) is 5.13. The van der Waals surface area contributed by atoms with Gasteiger partial charge in [0.1, 0.15) is 0 Å². The highest BCUT2D eigenvalue weighted by Crippen LogP contribution is 2.26. The minimum Gasteiger partial charge on any atom is -0.392 e. The highest BCUT2D eigenvalue weighted by atomic mass is 16.3. The molecule has 0 saturated carbocycles. The van der Waals surface area contributed by atoms with Crippen molar-refractivity contribution < 1.29 is 5.11 Å². The van der Waals surface area contributed by atoms with Gasteiger partial charge in [0, 0.05) is 12.4 Å². The van der Waals surface area contributed by atoms with Gasteiger partial charge in [-0.15, -0.1) is 0 Å². The van der Waals surface area contributed by atoms with Gasteiger partial charge in [0.15, 0.2) is 0 Å². The summed E-state index contributed by atoms with van der Waals surface area (Å²) >= 11 is 0. The smallest absolute Gasteiger partial charge is 0.0631 e. The van der Waals surface area contributed by atoms with Gasteiger partial charge in [-0.3, -0.25) is 4.98 Å². The zero-order valence-electron chi connectivity index (χ0n) is 9.20. The molecule has 1 atom stereocenters. The maximum absolute atomic E-state index is 10.0. The lowest BCUT2D eigenvalue weighted by molar-refractivity contribution is 0.0479. The van der Waals surface area contributed by atoms with Gasteiger partial charge in [-0.25, -0.2) is 0 Å². The first-order chi connectivity index (χ1) is 6.56. The summed E-state index contributed by atoms with van der Waals surface area (Å²) < 4.78 is 0. The maximum Gasteiger partial charge on any atom is 0.0631 e. The van der Waals surface area contributed by atoms with Gasteiger partial charge in [-0.1, -0.05) is 20.8 Å². The van der Waals surface area contributed by atoms with Crippen LogP contribution in [0.3, 0.4) is 0 Å². The number of aliphatic hydroxyl groups is 1. The molecule has 1 aromatic heterocycles. The van der Waals surface area contributed by atoms with Crippen molar-refractivity contribution in [3.8, 4) is 0 Å². The molecule has 0 aliphatic carbocycles. The van der Waals surface area contributed by atoms with Crippen molar-refractivity contribution in [2.24, 2.45) is 5.41 Å². The molecule has 78 valence electrons. The van der Waals surface area contributed by atoms with Crippen molar-refractivity contribution in [3.63, 3.8) is 0 Å². The standard InChI is InChI=1S/C12H19NO/c1-4-12(2,3)11(14)9-10-5-7-13-8-6-10/h5-8,11,14H,4,9H2,1-3H3. The molecule has 0 spiro atoms. The number of rotatable bonds is 4. The SMILES string of the molecule is CCC(C)(C)C(O)Cc1ccncc1. The van der Waals surface area contributed by atoms with Crippen molar-refractivity contribution in [2.75, 3.05) is 0 Å². The van der Waals surface area contributed by atoms with E-state index in [1.165, 1.54) is 0 Å². The van der Waals surface area contributed by atoms with Crippen molar-refractivity contribution >= 4 is 0 Å². The second kappa shape index (κ2) is 4.56. The number of aromatic nitrogens is 1. The fourth-order valence-electron chi connectivity index (χ4n) is 1.25. The van der Waals surface area contributed by atoms with Crippen molar-refractivity contribution in [1.29, 1.82) is 0 Å². The van der Waals surface area contributed by atoms with Gasteiger partial charge in [-0.05, 0) is 36.0 Å². The topological polar surface area (TPSA) is 33.1 Å². The van der Waals surface area contributed by atoms with Gasteiger partial charge >= 0.3 is 0 Å². The van der Waals surface area contributed by atoms with Crippen LogP contribution in [0.25, 0.3) is 0 Å². The molecule has 1 N–H and O–H groups in total. The number of hydrogen-bond donors (Lipinski definition) is 1. The van der Waals surface area contributed by atoms with Crippen molar-refractivity contribution in [3.05, 3.63) is 30.1 Å². The third-order valence-corrected chi connectivity index (χ3v) is 2.99. The first-order valence-corrected chi connectivity index (χ1v) is 5.13. The van der Waals surface area contributed by atoms with E-state index in [-0.39, 0.29) is 11.5 Å². The maximum atomic E-state index is 10.0. The number of pyridine rings is 1. The van der Waals surface area contributed by atoms with Crippen LogP contribution < -0.4 is 0 Å². The van der Waals surface area contributed by atoms with Crippen LogP contribution in [0, 0.1) is 5.41 Å². The second-order valence-corrected chi connectivity index (χ2v) is 4.42. The summed E-state index contributed by atoms with van der Waals surface area (Å²) in [5.41, 5.74) is 1.14. The molecule has 0 aliphatic heterocycles. The van der Waals surface area contributed by atoms with E-state index >= 15 is 0 Å². The average molecular weight is 193 g/mol. The van der Waals surface area contributed by atoms with Gasteiger partial charge in [0.2, 0.25) is 0 Å². The fraction of sp³-hybridized carbons (Fsp3) is 0.583. The molecule has 1 aromatic rings. The first kappa shape index (κ1) is 11.2. The quantitative estimate of drug-likeness (QED) is 0.796. The molecule has 1 rings (SSSR count). The predicted molar refractivity (Wildman–Crippen MR) is 58.0 cm³/mol. The normalized spacial score (nSPS) is 14.0. The number of aliphatic hydroxyl groups excluding tert-OH is 1. The fourth-order valence-corrected chi connectivity index (χ4v) is 1.25. The van der Waals surface area contributed by atoms with Gasteiger partial charge in [-0.2, -0.15) is 0 Å². The Balaban J connectivity index is 2.62. The summed E-state index contributed by atoms with van der Waals surface area (Å²) in [6.07, 6.45) is 4.94. The van der Waals surface area contributed by atoms with E-state index in [1.54, 1.807) is 12.4 Å². The van der Waals surface area contributed by atoms with Crippen LogP contribution in [0.4, 0.5) is 0 Å². The zero-order valence-corrected chi connectivity index (χ0v) is 9.20. The van der Waals surface area contributed by atoms with Crippen LogP contribution in [0.5, 0.6) is 0 Å². The molecule has 0 radical (unpaired) electrons. The Morgan fingerprint density at radius 3 is 2.43 bits per heavy atom. The summed E-state index contributed by atoms with van der Waals surface area (Å²) in [6, 6.07) is 3.91. The van der Waals surface area contributed by atoms with Crippen LogP contribution in [-0.2, 0) is 6.42 Å². The van der Waals surface area contributed by atoms with Crippen LogP contribution in [-0.4, -0.2) is 16.2 Å². The van der Waals surface area contributed by atoms with Crippen LogP contribution in [0.1, 0.15) is 32.8 Å². The summed E-state index contributed by atoms with van der Waals surface area (Å²) in [5.74, 6) is 0. The van der Waals surface area contributed by atoms with Crippen molar-refractivity contribution in [2.45, 2.75) is 39.7 Å². The average Bonchev–Trinajstić information content (AvgIpc) is 2.19. The van der Waals surface area contributed by atoms with E-state index in [9.17, 15) is 5.11 Å². The van der Waals surface area contributed by atoms with E-state index in [0.717, 1.165) is 12.0 Å². The molecule has 0 saturated heterocycles. The van der Waals surface area contributed by atoms with Gasteiger partial charge in [0.05, 0.1) is 6.10 Å². The van der Waals surface area contributed by atoms with E-state index in [4.69, 9.17) is 0 Å². The summed E-state index contributed by atoms with van der Waals surface area (Å²) in [4.78, 5) is 3.95. The largest absolute Gasteiger partial charge is 0.392 e. The second-order valence-electron chi connectivity index (χ2n) is 4.42. The van der Waals surface area contributed by atoms with Crippen LogP contribution in [0.15, 0.2) is 24.5 Å². The van der Waals surface area contributed by atoms with E-state index in [0.29, 0.717) is 6.42 Å². The Hall–Kier alpha value is -0.890. The van der Waals surface area contributed by atoms with Crippen LogP contribution >= 0.6 is 0 Å². The number of nitrogens with zero attached hydrogens (tertiary/aromatic N) is 1. The Morgan fingerprint density at radius 1 is 1.36 bits per heavy atom. The molecule has 2 nitrogen and oxygen atoms in total. The lowest BCUT2D eigenvalue weighted by Gasteiger charge is -2.29. The van der Waals surface area contributed by atoms with E-state index in [2.05, 4.69) is 25.8 Å². The Morgan fingerprint density at radius 2 is 1.93 bits per heavy atom. The molecular formula is C12H19NO. The third kappa shape index (κ3) is 2.81. The molecule has 1 heterocycles. The molecule has 0 bridgehead atoms. The molecule has 0 amide bonds. The lowest BCUT2D eigenvalue weighted by atomic mass is 9.81. The zero-order chi connectivity index (χ0) is 10.6. The molecule has 14 heavy (non-hydrogen) atoms. The van der Waals surface area contributed by atoms with E-state index < -0.39 is 0 Å². The molecule has 0 aromatic carbocycles. The number of hydrogen-bond acceptors (Lipinski definition) is 2. The highest BCUT2D eigenvalue weighted by Gasteiger charge is 2.25. The summed E-state index contributed by atoms with van der Waals surface area (Å²) in [6.45, 7) is 6.30. The predicted octanol–water partition coefficient (Wildman–Crippen LogP) is 2.42.